The van der Waals surface area contributed by atoms with E-state index in [0.29, 0.717) is 12.6 Å². The Balaban J connectivity index is 1.64. The van der Waals surface area contributed by atoms with Crippen LogP contribution < -0.4 is 10.1 Å². The molecule has 1 saturated carbocycles. The highest BCUT2D eigenvalue weighted by atomic mass is 35.5. The van der Waals surface area contributed by atoms with Crippen molar-refractivity contribution in [2.75, 3.05) is 13.2 Å². The fourth-order valence-electron chi connectivity index (χ4n) is 2.61. The monoisotopic (exact) mass is 267 g/mol. The van der Waals surface area contributed by atoms with E-state index in [4.69, 9.17) is 16.3 Å². The summed E-state index contributed by atoms with van der Waals surface area (Å²) in [7, 11) is 0. The predicted molar refractivity (Wildman–Crippen MR) is 76.4 cm³/mol. The highest BCUT2D eigenvalue weighted by Crippen LogP contribution is 2.23. The van der Waals surface area contributed by atoms with E-state index in [1.54, 1.807) is 0 Å². The molecule has 2 nitrogen and oxygen atoms in total. The normalized spacial score (nSPS) is 23.9. The predicted octanol–water partition coefficient (Wildman–Crippen LogP) is 3.89. The third kappa shape index (κ3) is 4.51. The molecule has 1 aliphatic carbocycles. The van der Waals surface area contributed by atoms with Crippen LogP contribution in [-0.2, 0) is 0 Å². The van der Waals surface area contributed by atoms with E-state index in [0.717, 1.165) is 23.2 Å². The standard InChI is InChI=1S/C15H22ClNO/c1-12-4-2-6-14(10-12)17-8-9-18-15-7-3-5-13(16)11-15/h3,5,7,11-12,14,17H,2,4,6,8-10H2,1H3. The number of hydrogen-bond donors (Lipinski definition) is 1. The van der Waals surface area contributed by atoms with Crippen LogP contribution in [0.4, 0.5) is 0 Å². The molecule has 0 aliphatic heterocycles. The maximum absolute atomic E-state index is 5.90. The van der Waals surface area contributed by atoms with E-state index >= 15 is 0 Å². The third-order valence-electron chi connectivity index (χ3n) is 3.54. The summed E-state index contributed by atoms with van der Waals surface area (Å²) in [6.45, 7) is 3.95. The van der Waals surface area contributed by atoms with Crippen LogP contribution in [0.2, 0.25) is 5.02 Å². The minimum absolute atomic E-state index is 0.678. The molecule has 2 atom stereocenters. The SMILES string of the molecule is CC1CCCC(NCCOc2cccc(Cl)c2)C1. The zero-order valence-electron chi connectivity index (χ0n) is 11.0. The van der Waals surface area contributed by atoms with Gasteiger partial charge < -0.3 is 10.1 Å². The summed E-state index contributed by atoms with van der Waals surface area (Å²) < 4.78 is 5.66. The molecule has 100 valence electrons. The minimum atomic E-state index is 0.678. The Morgan fingerprint density at radius 1 is 1.39 bits per heavy atom. The Bertz CT molecular complexity index is 369. The summed E-state index contributed by atoms with van der Waals surface area (Å²) in [4.78, 5) is 0. The second-order valence-electron chi connectivity index (χ2n) is 5.23. The zero-order chi connectivity index (χ0) is 12.8. The van der Waals surface area contributed by atoms with Crippen LogP contribution in [0.1, 0.15) is 32.6 Å². The molecule has 0 saturated heterocycles. The van der Waals surface area contributed by atoms with Crippen LogP contribution in [0.3, 0.4) is 0 Å². The average Bonchev–Trinajstić information content (AvgIpc) is 2.35. The molecule has 1 aromatic rings. The molecule has 3 heteroatoms. The van der Waals surface area contributed by atoms with Crippen molar-refractivity contribution in [3.05, 3.63) is 29.3 Å². The van der Waals surface area contributed by atoms with Gasteiger partial charge in [-0.05, 0) is 37.0 Å². The molecule has 0 amide bonds. The number of rotatable bonds is 5. The topological polar surface area (TPSA) is 21.3 Å². The van der Waals surface area contributed by atoms with Crippen molar-refractivity contribution in [1.29, 1.82) is 0 Å². The van der Waals surface area contributed by atoms with Gasteiger partial charge in [-0.25, -0.2) is 0 Å². The van der Waals surface area contributed by atoms with Crippen LogP contribution in [0.15, 0.2) is 24.3 Å². The number of ether oxygens (including phenoxy) is 1. The largest absolute Gasteiger partial charge is 0.492 e. The average molecular weight is 268 g/mol. The van der Waals surface area contributed by atoms with Gasteiger partial charge in [-0.3, -0.25) is 0 Å². The highest BCUT2D eigenvalue weighted by molar-refractivity contribution is 6.30. The van der Waals surface area contributed by atoms with Crippen molar-refractivity contribution in [2.24, 2.45) is 5.92 Å². The lowest BCUT2D eigenvalue weighted by molar-refractivity contribution is 0.266. The number of benzene rings is 1. The smallest absolute Gasteiger partial charge is 0.120 e. The number of nitrogens with one attached hydrogen (secondary N) is 1. The highest BCUT2D eigenvalue weighted by Gasteiger charge is 2.17. The van der Waals surface area contributed by atoms with Gasteiger partial charge in [0.05, 0.1) is 0 Å². The van der Waals surface area contributed by atoms with Crippen LogP contribution in [0.5, 0.6) is 5.75 Å². The molecule has 0 radical (unpaired) electrons. The summed E-state index contributed by atoms with van der Waals surface area (Å²) in [5.41, 5.74) is 0. The van der Waals surface area contributed by atoms with E-state index in [-0.39, 0.29) is 0 Å². The summed E-state index contributed by atoms with van der Waals surface area (Å²) in [6, 6.07) is 8.24. The van der Waals surface area contributed by atoms with Crippen molar-refractivity contribution >= 4 is 11.6 Å². The maximum Gasteiger partial charge on any atom is 0.120 e. The van der Waals surface area contributed by atoms with Gasteiger partial charge in [0.25, 0.3) is 0 Å². The lowest BCUT2D eigenvalue weighted by atomic mass is 9.87. The van der Waals surface area contributed by atoms with Crippen molar-refractivity contribution in [1.82, 2.24) is 5.32 Å². The molecule has 1 aromatic carbocycles. The summed E-state index contributed by atoms with van der Waals surface area (Å²) >= 11 is 5.90. The molecule has 18 heavy (non-hydrogen) atoms. The second kappa shape index (κ2) is 7.01. The van der Waals surface area contributed by atoms with E-state index in [2.05, 4.69) is 12.2 Å². The van der Waals surface area contributed by atoms with Gasteiger partial charge in [-0.15, -0.1) is 0 Å². The van der Waals surface area contributed by atoms with Crippen LogP contribution in [-0.4, -0.2) is 19.2 Å². The first-order valence-electron chi connectivity index (χ1n) is 6.86. The first-order valence-corrected chi connectivity index (χ1v) is 7.23. The molecule has 0 aromatic heterocycles. The van der Waals surface area contributed by atoms with Gasteiger partial charge in [-0.1, -0.05) is 37.4 Å². The van der Waals surface area contributed by atoms with E-state index in [9.17, 15) is 0 Å². The Kier molecular flexibility index (Phi) is 5.33. The van der Waals surface area contributed by atoms with Gasteiger partial charge in [0.1, 0.15) is 12.4 Å². The molecular formula is C15H22ClNO. The summed E-state index contributed by atoms with van der Waals surface area (Å²) in [6.07, 6.45) is 5.35. The van der Waals surface area contributed by atoms with Gasteiger partial charge in [-0.2, -0.15) is 0 Å². The van der Waals surface area contributed by atoms with Gasteiger partial charge in [0, 0.05) is 17.6 Å². The molecule has 0 heterocycles. The molecule has 2 unspecified atom stereocenters. The number of hydrogen-bond acceptors (Lipinski definition) is 2. The Morgan fingerprint density at radius 3 is 3.06 bits per heavy atom. The molecular weight excluding hydrogens is 246 g/mol. The van der Waals surface area contributed by atoms with Crippen molar-refractivity contribution in [2.45, 2.75) is 38.6 Å². The minimum Gasteiger partial charge on any atom is -0.492 e. The lowest BCUT2D eigenvalue weighted by Gasteiger charge is -2.27. The first-order chi connectivity index (χ1) is 8.74. The van der Waals surface area contributed by atoms with E-state index < -0.39 is 0 Å². The van der Waals surface area contributed by atoms with Crippen molar-refractivity contribution in [3.8, 4) is 5.75 Å². The molecule has 1 fully saturated rings. The Morgan fingerprint density at radius 2 is 2.28 bits per heavy atom. The van der Waals surface area contributed by atoms with Crippen LogP contribution in [0, 0.1) is 5.92 Å². The molecule has 0 spiro atoms. The Labute approximate surface area is 115 Å². The summed E-state index contributed by atoms with van der Waals surface area (Å²) in [5.74, 6) is 1.71. The molecule has 1 aliphatic rings. The quantitative estimate of drug-likeness (QED) is 0.818. The van der Waals surface area contributed by atoms with Crippen LogP contribution in [0.25, 0.3) is 0 Å². The lowest BCUT2D eigenvalue weighted by Crippen LogP contribution is -2.36. The third-order valence-corrected chi connectivity index (χ3v) is 3.77. The molecule has 0 bridgehead atoms. The van der Waals surface area contributed by atoms with Gasteiger partial charge in [0.15, 0.2) is 0 Å². The van der Waals surface area contributed by atoms with Crippen molar-refractivity contribution < 1.29 is 4.74 Å². The number of halogens is 1. The summed E-state index contributed by atoms with van der Waals surface area (Å²) in [5, 5.41) is 4.30. The van der Waals surface area contributed by atoms with E-state index in [1.165, 1.54) is 25.7 Å². The molecule has 2 rings (SSSR count). The van der Waals surface area contributed by atoms with Crippen LogP contribution >= 0.6 is 11.6 Å². The first kappa shape index (κ1) is 13.7. The molecule has 1 N–H and O–H groups in total. The van der Waals surface area contributed by atoms with E-state index in [1.807, 2.05) is 24.3 Å². The maximum atomic E-state index is 5.90. The van der Waals surface area contributed by atoms with Gasteiger partial charge in [0.2, 0.25) is 0 Å². The fraction of sp³-hybridized carbons (Fsp3) is 0.600. The second-order valence-corrected chi connectivity index (χ2v) is 5.67. The fourth-order valence-corrected chi connectivity index (χ4v) is 2.79. The Hall–Kier alpha value is -0.730. The van der Waals surface area contributed by atoms with Gasteiger partial charge >= 0.3 is 0 Å². The zero-order valence-corrected chi connectivity index (χ0v) is 11.7. The van der Waals surface area contributed by atoms with Crippen molar-refractivity contribution in [3.63, 3.8) is 0 Å².